The second-order valence-corrected chi connectivity index (χ2v) is 6.33. The molecule has 1 aromatic carbocycles. The van der Waals surface area contributed by atoms with Gasteiger partial charge >= 0.3 is 0 Å². The molecular weight excluding hydrogens is 340 g/mol. The number of anilines is 1. The zero-order chi connectivity index (χ0) is 17.6. The topological polar surface area (TPSA) is 67.4 Å². The van der Waals surface area contributed by atoms with Crippen molar-refractivity contribution in [3.63, 3.8) is 0 Å². The van der Waals surface area contributed by atoms with Crippen LogP contribution in [-0.2, 0) is 11.2 Å². The van der Waals surface area contributed by atoms with Gasteiger partial charge in [0.05, 0.1) is 13.2 Å². The maximum atomic E-state index is 12.6. The molecule has 3 rings (SSSR count). The molecule has 25 heavy (non-hydrogen) atoms. The summed E-state index contributed by atoms with van der Waals surface area (Å²) in [6.45, 7) is 4.82. The standard InChI is InChI=1S/C18H21ClN4O2/c1-13-21-16(18(24)23-7-9-25-10-8-23)12-17(22-13)20-6-5-14-3-2-4-15(19)11-14/h2-4,11-12H,5-10H2,1H3,(H,20,21,22). The van der Waals surface area contributed by atoms with E-state index in [2.05, 4.69) is 15.3 Å². The van der Waals surface area contributed by atoms with E-state index in [0.29, 0.717) is 50.2 Å². The zero-order valence-electron chi connectivity index (χ0n) is 14.2. The third kappa shape index (κ3) is 4.90. The number of morpholine rings is 1. The number of hydrogen-bond acceptors (Lipinski definition) is 5. The third-order valence-electron chi connectivity index (χ3n) is 3.96. The number of carbonyl (C=O) groups excluding carboxylic acids is 1. The Morgan fingerprint density at radius 3 is 2.84 bits per heavy atom. The molecule has 2 heterocycles. The van der Waals surface area contributed by atoms with Gasteiger partial charge in [-0.25, -0.2) is 9.97 Å². The molecule has 0 spiro atoms. The van der Waals surface area contributed by atoms with Crippen molar-refractivity contribution < 1.29 is 9.53 Å². The van der Waals surface area contributed by atoms with Crippen LogP contribution in [0, 0.1) is 6.92 Å². The number of amides is 1. The first-order chi connectivity index (χ1) is 12.1. The monoisotopic (exact) mass is 360 g/mol. The predicted octanol–water partition coefficient (Wildman–Crippen LogP) is 2.57. The average molecular weight is 361 g/mol. The minimum atomic E-state index is -0.0771. The second-order valence-electron chi connectivity index (χ2n) is 5.90. The van der Waals surface area contributed by atoms with Crippen molar-refractivity contribution in [1.29, 1.82) is 0 Å². The summed E-state index contributed by atoms with van der Waals surface area (Å²) in [7, 11) is 0. The molecule has 0 saturated carbocycles. The van der Waals surface area contributed by atoms with Crippen molar-refractivity contribution in [2.45, 2.75) is 13.3 Å². The molecule has 1 aliphatic rings. The maximum absolute atomic E-state index is 12.6. The van der Waals surface area contributed by atoms with Gasteiger partial charge in [0.1, 0.15) is 17.3 Å². The van der Waals surface area contributed by atoms with Crippen molar-refractivity contribution >= 4 is 23.3 Å². The van der Waals surface area contributed by atoms with E-state index in [9.17, 15) is 4.79 Å². The summed E-state index contributed by atoms with van der Waals surface area (Å²) in [5.41, 5.74) is 1.56. The molecule has 1 N–H and O–H groups in total. The normalized spacial score (nSPS) is 14.4. The van der Waals surface area contributed by atoms with E-state index in [1.165, 1.54) is 0 Å². The molecule has 1 aromatic heterocycles. The van der Waals surface area contributed by atoms with E-state index in [0.717, 1.165) is 17.0 Å². The van der Waals surface area contributed by atoms with Crippen LogP contribution >= 0.6 is 11.6 Å². The fourth-order valence-corrected chi connectivity index (χ4v) is 2.94. The van der Waals surface area contributed by atoms with Crippen LogP contribution in [-0.4, -0.2) is 53.6 Å². The zero-order valence-corrected chi connectivity index (χ0v) is 14.9. The lowest BCUT2D eigenvalue weighted by molar-refractivity contribution is 0.0299. The number of aromatic nitrogens is 2. The van der Waals surface area contributed by atoms with E-state index >= 15 is 0 Å². The van der Waals surface area contributed by atoms with Crippen molar-refractivity contribution in [1.82, 2.24) is 14.9 Å². The Morgan fingerprint density at radius 1 is 1.28 bits per heavy atom. The minimum Gasteiger partial charge on any atom is -0.378 e. The van der Waals surface area contributed by atoms with E-state index in [4.69, 9.17) is 16.3 Å². The Labute approximate surface area is 152 Å². The number of ether oxygens (including phenoxy) is 1. The van der Waals surface area contributed by atoms with Gasteiger partial charge in [-0.1, -0.05) is 23.7 Å². The highest BCUT2D eigenvalue weighted by molar-refractivity contribution is 6.30. The molecule has 1 amide bonds. The van der Waals surface area contributed by atoms with Crippen LogP contribution in [0.4, 0.5) is 5.82 Å². The quantitative estimate of drug-likeness (QED) is 0.887. The van der Waals surface area contributed by atoms with Gasteiger partial charge < -0.3 is 15.0 Å². The fraction of sp³-hybridized carbons (Fsp3) is 0.389. The summed E-state index contributed by atoms with van der Waals surface area (Å²) in [5.74, 6) is 1.15. The highest BCUT2D eigenvalue weighted by Gasteiger charge is 2.20. The molecule has 6 nitrogen and oxygen atoms in total. The van der Waals surface area contributed by atoms with E-state index in [1.54, 1.807) is 17.9 Å². The number of rotatable bonds is 5. The first kappa shape index (κ1) is 17.6. The Kier molecular flexibility index (Phi) is 5.83. The number of carbonyl (C=O) groups is 1. The van der Waals surface area contributed by atoms with Crippen molar-refractivity contribution in [2.24, 2.45) is 0 Å². The molecule has 0 radical (unpaired) electrons. The van der Waals surface area contributed by atoms with Gasteiger partial charge in [-0.2, -0.15) is 0 Å². The van der Waals surface area contributed by atoms with Gasteiger partial charge in [0, 0.05) is 30.7 Å². The predicted molar refractivity (Wildman–Crippen MR) is 97.1 cm³/mol. The molecule has 0 aliphatic carbocycles. The lowest BCUT2D eigenvalue weighted by Gasteiger charge is -2.26. The first-order valence-corrected chi connectivity index (χ1v) is 8.70. The number of benzene rings is 1. The molecule has 0 atom stereocenters. The van der Waals surface area contributed by atoms with Crippen LogP contribution in [0.3, 0.4) is 0 Å². The Bertz CT molecular complexity index is 748. The van der Waals surface area contributed by atoms with Gasteiger partial charge in [0.15, 0.2) is 0 Å². The number of nitrogens with one attached hydrogen (secondary N) is 1. The molecular formula is C18H21ClN4O2. The number of nitrogens with zero attached hydrogens (tertiary/aromatic N) is 3. The lowest BCUT2D eigenvalue weighted by atomic mass is 10.1. The number of aryl methyl sites for hydroxylation is 1. The highest BCUT2D eigenvalue weighted by Crippen LogP contribution is 2.13. The maximum Gasteiger partial charge on any atom is 0.272 e. The van der Waals surface area contributed by atoms with Crippen LogP contribution in [0.25, 0.3) is 0 Å². The van der Waals surface area contributed by atoms with Gasteiger partial charge in [0.2, 0.25) is 0 Å². The Hall–Kier alpha value is -2.18. The van der Waals surface area contributed by atoms with Crippen molar-refractivity contribution in [3.8, 4) is 0 Å². The van der Waals surface area contributed by atoms with Crippen molar-refractivity contribution in [3.05, 3.63) is 52.4 Å². The first-order valence-electron chi connectivity index (χ1n) is 8.33. The number of hydrogen-bond donors (Lipinski definition) is 1. The SMILES string of the molecule is Cc1nc(NCCc2cccc(Cl)c2)cc(C(=O)N2CCOCC2)n1. The summed E-state index contributed by atoms with van der Waals surface area (Å²) in [4.78, 5) is 23.0. The average Bonchev–Trinajstić information content (AvgIpc) is 2.61. The Morgan fingerprint density at radius 2 is 2.08 bits per heavy atom. The van der Waals surface area contributed by atoms with Gasteiger partial charge in [0.25, 0.3) is 5.91 Å². The van der Waals surface area contributed by atoms with Crippen LogP contribution < -0.4 is 5.32 Å². The summed E-state index contributed by atoms with van der Waals surface area (Å²) >= 11 is 6.00. The summed E-state index contributed by atoms with van der Waals surface area (Å²) < 4.78 is 5.29. The van der Waals surface area contributed by atoms with E-state index in [1.807, 2.05) is 24.3 Å². The lowest BCUT2D eigenvalue weighted by Crippen LogP contribution is -2.41. The fourth-order valence-electron chi connectivity index (χ4n) is 2.72. The van der Waals surface area contributed by atoms with Gasteiger partial charge in [-0.15, -0.1) is 0 Å². The molecule has 1 fully saturated rings. The smallest absolute Gasteiger partial charge is 0.272 e. The Balaban J connectivity index is 1.63. The third-order valence-corrected chi connectivity index (χ3v) is 4.20. The molecule has 7 heteroatoms. The van der Waals surface area contributed by atoms with Crippen LogP contribution in [0.2, 0.25) is 5.02 Å². The molecule has 132 valence electrons. The van der Waals surface area contributed by atoms with Crippen LogP contribution in [0.15, 0.2) is 30.3 Å². The molecule has 0 bridgehead atoms. The molecule has 2 aromatic rings. The summed E-state index contributed by atoms with van der Waals surface area (Å²) in [5, 5.41) is 3.99. The number of halogens is 1. The molecule has 0 unspecified atom stereocenters. The molecule has 1 saturated heterocycles. The van der Waals surface area contributed by atoms with Crippen LogP contribution in [0.5, 0.6) is 0 Å². The minimum absolute atomic E-state index is 0.0771. The summed E-state index contributed by atoms with van der Waals surface area (Å²) in [6, 6.07) is 9.48. The van der Waals surface area contributed by atoms with Gasteiger partial charge in [-0.05, 0) is 31.0 Å². The van der Waals surface area contributed by atoms with E-state index < -0.39 is 0 Å². The highest BCUT2D eigenvalue weighted by atomic mass is 35.5. The van der Waals surface area contributed by atoms with Crippen molar-refractivity contribution in [2.75, 3.05) is 38.2 Å². The van der Waals surface area contributed by atoms with E-state index in [-0.39, 0.29) is 5.91 Å². The van der Waals surface area contributed by atoms with Gasteiger partial charge in [-0.3, -0.25) is 4.79 Å². The largest absolute Gasteiger partial charge is 0.378 e. The molecule has 1 aliphatic heterocycles. The summed E-state index contributed by atoms with van der Waals surface area (Å²) in [6.07, 6.45) is 0.816. The van der Waals surface area contributed by atoms with Crippen LogP contribution in [0.1, 0.15) is 21.9 Å². The second kappa shape index (κ2) is 8.27.